The van der Waals surface area contributed by atoms with E-state index >= 15 is 0 Å². The van der Waals surface area contributed by atoms with Crippen LogP contribution in [0.15, 0.2) is 59.8 Å². The zero-order chi connectivity index (χ0) is 20.7. The molecule has 3 aromatic rings. The molecule has 1 aromatic heterocycles. The largest absolute Gasteiger partial charge is 0.342 e. The first-order chi connectivity index (χ1) is 14.6. The molecule has 1 amide bonds. The maximum absolute atomic E-state index is 12.7. The number of para-hydroxylation sites is 1. The molecule has 2 aliphatic carbocycles. The Morgan fingerprint density at radius 2 is 2.03 bits per heavy atom. The Kier molecular flexibility index (Phi) is 4.90. The van der Waals surface area contributed by atoms with Gasteiger partial charge in [0.05, 0.1) is 6.21 Å². The maximum atomic E-state index is 12.7. The van der Waals surface area contributed by atoms with E-state index in [4.69, 9.17) is 11.6 Å². The molecule has 2 aromatic carbocycles. The molecule has 0 radical (unpaired) electrons. The van der Waals surface area contributed by atoms with Crippen LogP contribution in [0.5, 0.6) is 0 Å². The van der Waals surface area contributed by atoms with Gasteiger partial charge in [0.2, 0.25) is 5.91 Å². The van der Waals surface area contributed by atoms with Crippen LogP contribution in [0.4, 0.5) is 0 Å². The van der Waals surface area contributed by atoms with Gasteiger partial charge in [0.25, 0.3) is 0 Å². The van der Waals surface area contributed by atoms with Crippen molar-refractivity contribution in [3.63, 3.8) is 0 Å². The topological polar surface area (TPSA) is 46.4 Å². The summed E-state index contributed by atoms with van der Waals surface area (Å²) in [5, 5.41) is 6.18. The first-order valence-electron chi connectivity index (χ1n) is 10.7. The Morgan fingerprint density at radius 3 is 2.80 bits per heavy atom. The monoisotopic (exact) mass is 419 g/mol. The maximum Gasteiger partial charge on any atom is 0.244 e. The van der Waals surface area contributed by atoms with Crippen molar-refractivity contribution in [2.75, 3.05) is 0 Å². The van der Waals surface area contributed by atoms with Crippen LogP contribution in [0.3, 0.4) is 0 Å². The summed E-state index contributed by atoms with van der Waals surface area (Å²) in [5.41, 5.74) is 6.33. The van der Waals surface area contributed by atoms with Gasteiger partial charge in [0.1, 0.15) is 0 Å². The third-order valence-electron chi connectivity index (χ3n) is 7.08. The number of nitrogens with zero attached hydrogens (tertiary/aromatic N) is 2. The predicted molar refractivity (Wildman–Crippen MR) is 122 cm³/mol. The molecular weight excluding hydrogens is 394 g/mol. The van der Waals surface area contributed by atoms with Gasteiger partial charge in [-0.25, -0.2) is 5.43 Å². The quantitative estimate of drug-likeness (QED) is 0.423. The third-order valence-corrected chi connectivity index (χ3v) is 7.33. The van der Waals surface area contributed by atoms with Crippen molar-refractivity contribution in [3.8, 4) is 0 Å². The van der Waals surface area contributed by atoms with Gasteiger partial charge in [-0.2, -0.15) is 5.10 Å². The summed E-state index contributed by atoms with van der Waals surface area (Å²) >= 11 is 6.01. The number of hydrazone groups is 1. The lowest BCUT2D eigenvalue weighted by atomic mass is 9.90. The molecule has 30 heavy (non-hydrogen) atoms. The SMILES string of the molecule is C[C@]12CCCC[C@@H]1[C@@H]2C(=O)N/N=C\c1cn(Cc2ccc(Cl)cc2)c2ccccc12. The van der Waals surface area contributed by atoms with Crippen LogP contribution in [0, 0.1) is 17.3 Å². The molecule has 5 heteroatoms. The van der Waals surface area contributed by atoms with Crippen molar-refractivity contribution >= 4 is 34.6 Å². The lowest BCUT2D eigenvalue weighted by Crippen LogP contribution is -2.22. The van der Waals surface area contributed by atoms with Gasteiger partial charge in [-0.1, -0.05) is 61.7 Å². The fourth-order valence-corrected chi connectivity index (χ4v) is 5.51. The molecule has 3 atom stereocenters. The molecule has 2 saturated carbocycles. The number of fused-ring (bicyclic) bond motifs is 2. The second-order valence-corrected chi connectivity index (χ2v) is 9.36. The highest BCUT2D eigenvalue weighted by molar-refractivity contribution is 6.30. The fourth-order valence-electron chi connectivity index (χ4n) is 5.38. The predicted octanol–water partition coefficient (Wildman–Crippen LogP) is 5.62. The van der Waals surface area contributed by atoms with Crippen molar-refractivity contribution in [2.24, 2.45) is 22.4 Å². The third kappa shape index (κ3) is 3.43. The average molecular weight is 420 g/mol. The Hall–Kier alpha value is -2.59. The summed E-state index contributed by atoms with van der Waals surface area (Å²) in [7, 11) is 0. The first kappa shape index (κ1) is 19.4. The van der Waals surface area contributed by atoms with Gasteiger partial charge in [0.15, 0.2) is 0 Å². The minimum absolute atomic E-state index is 0.0746. The number of halogens is 1. The molecular formula is C25H26ClN3O. The Bertz CT molecular complexity index is 1120. The molecule has 5 rings (SSSR count). The van der Waals surface area contributed by atoms with Crippen molar-refractivity contribution in [1.82, 2.24) is 9.99 Å². The number of hydrogen-bond acceptors (Lipinski definition) is 2. The number of rotatable bonds is 5. The lowest BCUT2D eigenvalue weighted by Gasteiger charge is -2.15. The van der Waals surface area contributed by atoms with Crippen LogP contribution in [0.25, 0.3) is 10.9 Å². The number of hydrogen-bond donors (Lipinski definition) is 1. The van der Waals surface area contributed by atoms with Crippen LogP contribution < -0.4 is 5.43 Å². The van der Waals surface area contributed by atoms with E-state index in [0.29, 0.717) is 5.92 Å². The minimum Gasteiger partial charge on any atom is -0.342 e. The standard InChI is InChI=1S/C25H26ClN3O/c1-25-13-5-4-7-21(25)23(25)24(30)28-27-14-18-16-29(22-8-3-2-6-20(18)22)15-17-9-11-19(26)12-10-17/h2-3,6,8-12,14,16,21,23H,4-5,7,13,15H2,1H3,(H,28,30)/b27-14-/t21-,23-,25+/m1/s1. The van der Waals surface area contributed by atoms with E-state index in [9.17, 15) is 4.79 Å². The molecule has 0 unspecified atom stereocenters. The van der Waals surface area contributed by atoms with Crippen LogP contribution >= 0.6 is 11.6 Å². The van der Waals surface area contributed by atoms with Gasteiger partial charge in [0, 0.05) is 40.1 Å². The van der Waals surface area contributed by atoms with Gasteiger partial charge >= 0.3 is 0 Å². The Balaban J connectivity index is 1.33. The van der Waals surface area contributed by atoms with E-state index in [0.717, 1.165) is 34.5 Å². The highest BCUT2D eigenvalue weighted by Gasteiger charge is 2.64. The van der Waals surface area contributed by atoms with Gasteiger partial charge in [-0.05, 0) is 47.9 Å². The number of nitrogens with one attached hydrogen (secondary N) is 1. The van der Waals surface area contributed by atoms with Crippen LogP contribution in [0.1, 0.15) is 43.7 Å². The van der Waals surface area contributed by atoms with Gasteiger partial charge in [-0.15, -0.1) is 0 Å². The van der Waals surface area contributed by atoms with E-state index in [1.165, 1.54) is 24.8 Å². The second-order valence-electron chi connectivity index (χ2n) is 8.93. The smallest absolute Gasteiger partial charge is 0.244 e. The number of benzene rings is 2. The molecule has 2 aliphatic rings. The number of amides is 1. The van der Waals surface area contributed by atoms with Gasteiger partial charge in [-0.3, -0.25) is 4.79 Å². The van der Waals surface area contributed by atoms with Crippen LogP contribution in [0.2, 0.25) is 5.02 Å². The Morgan fingerprint density at radius 1 is 1.23 bits per heavy atom. The van der Waals surface area contributed by atoms with Crippen molar-refractivity contribution in [2.45, 2.75) is 39.2 Å². The van der Waals surface area contributed by atoms with Crippen molar-refractivity contribution in [1.29, 1.82) is 0 Å². The normalized spacial score (nSPS) is 25.4. The lowest BCUT2D eigenvalue weighted by molar-refractivity contribution is -0.123. The van der Waals surface area contributed by atoms with Gasteiger partial charge < -0.3 is 4.57 Å². The molecule has 1 heterocycles. The van der Waals surface area contributed by atoms with E-state index in [-0.39, 0.29) is 17.2 Å². The summed E-state index contributed by atoms with van der Waals surface area (Å²) in [6.07, 6.45) is 8.70. The highest BCUT2D eigenvalue weighted by Crippen LogP contribution is 2.66. The number of carbonyl (C=O) groups excluding carboxylic acids is 1. The minimum atomic E-state index is 0.0746. The van der Waals surface area contributed by atoms with Crippen LogP contribution in [-0.2, 0) is 11.3 Å². The zero-order valence-corrected chi connectivity index (χ0v) is 17.9. The Labute approximate surface area is 181 Å². The summed E-state index contributed by atoms with van der Waals surface area (Å²) in [5.74, 6) is 0.747. The molecule has 154 valence electrons. The molecule has 0 spiro atoms. The van der Waals surface area contributed by atoms with Crippen LogP contribution in [-0.4, -0.2) is 16.7 Å². The average Bonchev–Trinajstić information content (AvgIpc) is 3.25. The molecule has 2 fully saturated rings. The summed E-state index contributed by atoms with van der Waals surface area (Å²) in [6, 6.07) is 16.2. The fraction of sp³-hybridized carbons (Fsp3) is 0.360. The van der Waals surface area contributed by atoms with E-state index in [1.54, 1.807) is 6.21 Å². The second kappa shape index (κ2) is 7.59. The highest BCUT2D eigenvalue weighted by atomic mass is 35.5. The zero-order valence-electron chi connectivity index (χ0n) is 17.1. The van der Waals surface area contributed by atoms with E-state index < -0.39 is 0 Å². The van der Waals surface area contributed by atoms with E-state index in [1.807, 2.05) is 36.4 Å². The number of aromatic nitrogens is 1. The molecule has 4 nitrogen and oxygen atoms in total. The molecule has 0 bridgehead atoms. The van der Waals surface area contributed by atoms with Crippen molar-refractivity contribution in [3.05, 3.63) is 70.9 Å². The summed E-state index contributed by atoms with van der Waals surface area (Å²) in [6.45, 7) is 3.01. The first-order valence-corrected chi connectivity index (χ1v) is 11.1. The van der Waals surface area contributed by atoms with E-state index in [2.05, 4.69) is 40.3 Å². The molecule has 1 N–H and O–H groups in total. The summed E-state index contributed by atoms with van der Waals surface area (Å²) < 4.78 is 2.21. The summed E-state index contributed by atoms with van der Waals surface area (Å²) in [4.78, 5) is 12.7. The van der Waals surface area contributed by atoms with Crippen molar-refractivity contribution < 1.29 is 4.79 Å². The molecule has 0 aliphatic heterocycles. The molecule has 0 saturated heterocycles. The number of carbonyl (C=O) groups is 1.